The van der Waals surface area contributed by atoms with Crippen LogP contribution in [-0.2, 0) is 25.7 Å². The number of likely N-dealkylation sites (tertiary alicyclic amines) is 2. The van der Waals surface area contributed by atoms with Crippen molar-refractivity contribution in [2.75, 3.05) is 33.3 Å². The Morgan fingerprint density at radius 1 is 1.15 bits per heavy atom. The molecule has 0 aliphatic carbocycles. The molecule has 0 saturated carbocycles. The molecule has 2 saturated heterocycles. The van der Waals surface area contributed by atoms with E-state index in [9.17, 15) is 23.2 Å². The molecule has 4 rings (SSSR count). The number of ether oxygens (including phenoxy) is 1. The Morgan fingerprint density at radius 3 is 2.54 bits per heavy atom. The molecule has 3 atom stereocenters. The van der Waals surface area contributed by atoms with Gasteiger partial charge in [0.2, 0.25) is 11.8 Å². The lowest BCUT2D eigenvalue weighted by atomic mass is 9.69. The Kier molecular flexibility index (Phi) is 8.51. The first kappa shape index (κ1) is 28.8. The van der Waals surface area contributed by atoms with Gasteiger partial charge in [0, 0.05) is 39.0 Å². The highest BCUT2D eigenvalue weighted by molar-refractivity contribution is 5.92. The first-order valence-electron chi connectivity index (χ1n) is 13.4. The van der Waals surface area contributed by atoms with Crippen LogP contribution in [0.3, 0.4) is 0 Å². The average molecular weight is 542 g/mol. The minimum absolute atomic E-state index is 0.0270. The number of benzene rings is 2. The minimum Gasteiger partial charge on any atom is -0.376 e. The van der Waals surface area contributed by atoms with Crippen molar-refractivity contribution < 1.29 is 27.9 Å². The molecule has 9 heteroatoms. The Hall–Kier alpha value is -3.17. The van der Waals surface area contributed by atoms with E-state index >= 15 is 0 Å². The molecule has 2 amide bonds. The molecule has 39 heavy (non-hydrogen) atoms. The number of hydrogen-bond acceptors (Lipinski definition) is 5. The van der Waals surface area contributed by atoms with E-state index in [-0.39, 0.29) is 49.7 Å². The van der Waals surface area contributed by atoms with Crippen LogP contribution >= 0.6 is 0 Å². The van der Waals surface area contributed by atoms with E-state index in [0.717, 1.165) is 17.7 Å². The molecule has 2 fully saturated rings. The third kappa shape index (κ3) is 6.20. The summed E-state index contributed by atoms with van der Waals surface area (Å²) in [7, 11) is 1.80. The summed E-state index contributed by atoms with van der Waals surface area (Å²) in [6.45, 7) is 4.33. The molecule has 2 aliphatic heterocycles. The van der Waals surface area contributed by atoms with Crippen LogP contribution in [0.1, 0.15) is 50.2 Å². The monoisotopic (exact) mass is 541 g/mol. The van der Waals surface area contributed by atoms with Crippen molar-refractivity contribution in [1.29, 1.82) is 0 Å². The molecule has 1 spiro atoms. The van der Waals surface area contributed by atoms with Gasteiger partial charge in [0.1, 0.15) is 0 Å². The van der Waals surface area contributed by atoms with E-state index in [2.05, 4.69) is 0 Å². The van der Waals surface area contributed by atoms with Gasteiger partial charge in [0.05, 0.1) is 30.1 Å². The molecule has 2 aromatic rings. The summed E-state index contributed by atoms with van der Waals surface area (Å²) in [6.07, 6.45) is 1.21. The molecule has 2 heterocycles. The second-order valence-corrected chi connectivity index (χ2v) is 11.5. The molecule has 2 N–H and O–H groups in total. The minimum atomic E-state index is -1.13. The van der Waals surface area contributed by atoms with E-state index in [1.165, 1.54) is 6.07 Å². The number of hydrogen-bond donors (Lipinski definition) is 1. The quantitative estimate of drug-likeness (QED) is 0.523. The lowest BCUT2D eigenvalue weighted by Crippen LogP contribution is -2.53. The summed E-state index contributed by atoms with van der Waals surface area (Å²) in [6, 6.07) is 13.4. The van der Waals surface area contributed by atoms with Crippen molar-refractivity contribution >= 4 is 17.6 Å². The number of likely N-dealkylation sites (N-methyl/N-ethyl adjacent to an activating group) is 1. The van der Waals surface area contributed by atoms with Crippen molar-refractivity contribution in [1.82, 2.24) is 9.80 Å². The predicted molar refractivity (Wildman–Crippen MR) is 142 cm³/mol. The van der Waals surface area contributed by atoms with Gasteiger partial charge in [-0.2, -0.15) is 0 Å². The van der Waals surface area contributed by atoms with Crippen molar-refractivity contribution in [3.63, 3.8) is 0 Å². The fourth-order valence-corrected chi connectivity index (χ4v) is 5.81. The zero-order chi connectivity index (χ0) is 28.4. The Bertz CT molecular complexity index is 1220. The maximum Gasteiger partial charge on any atom is 0.231 e. The summed E-state index contributed by atoms with van der Waals surface area (Å²) in [5.74, 6) is -3.36. The number of nitrogens with zero attached hydrogens (tertiary/aromatic N) is 2. The molecule has 0 aromatic heterocycles. The normalized spacial score (nSPS) is 22.4. The smallest absolute Gasteiger partial charge is 0.231 e. The van der Waals surface area contributed by atoms with Crippen molar-refractivity contribution in [3.05, 3.63) is 71.3 Å². The summed E-state index contributed by atoms with van der Waals surface area (Å²) in [5, 5.41) is 0. The van der Waals surface area contributed by atoms with Gasteiger partial charge >= 0.3 is 0 Å². The summed E-state index contributed by atoms with van der Waals surface area (Å²) < 4.78 is 32.6. The maximum atomic E-state index is 13.9. The molecule has 2 unspecified atom stereocenters. The standard InChI is InChI=1S/C30H37F2N3O4/c1-29(2,33)26(36)15-22(18-39-17-20-10-11-24(31)25(32)14-20)27(37)35-13-7-12-30(19-35)23(16-34(3)28(30)38)21-8-5-4-6-9-21/h4-6,8-11,14,22-23H,7,12-13,15-19,33H2,1-3H3/t22-,23?,30?/m1/s1. The average Bonchev–Trinajstić information content (AvgIpc) is 3.14. The fourth-order valence-electron chi connectivity index (χ4n) is 5.81. The SMILES string of the molecule is CN1CC(c2ccccc2)C2(CCCN(C(=O)[C@@H](COCc3ccc(F)c(F)c3)CC(=O)C(C)(C)N)C2)C1=O. The number of piperidine rings is 1. The van der Waals surface area contributed by atoms with E-state index in [1.807, 2.05) is 30.3 Å². The van der Waals surface area contributed by atoms with Crippen LogP contribution in [0.25, 0.3) is 0 Å². The number of rotatable bonds is 9. The van der Waals surface area contributed by atoms with E-state index in [1.54, 1.807) is 30.7 Å². The summed E-state index contributed by atoms with van der Waals surface area (Å²) >= 11 is 0. The first-order valence-corrected chi connectivity index (χ1v) is 13.4. The Morgan fingerprint density at radius 2 is 1.87 bits per heavy atom. The molecule has 7 nitrogen and oxygen atoms in total. The predicted octanol–water partition coefficient (Wildman–Crippen LogP) is 3.66. The third-order valence-electron chi connectivity index (χ3n) is 8.01. The number of carbonyl (C=O) groups excluding carboxylic acids is 3. The summed E-state index contributed by atoms with van der Waals surface area (Å²) in [4.78, 5) is 43.7. The van der Waals surface area contributed by atoms with Crippen LogP contribution in [0.4, 0.5) is 8.78 Å². The van der Waals surface area contributed by atoms with Crippen LogP contribution in [0.15, 0.2) is 48.5 Å². The molecule has 210 valence electrons. The van der Waals surface area contributed by atoms with Gasteiger partial charge < -0.3 is 20.3 Å². The lowest BCUT2D eigenvalue weighted by Gasteiger charge is -2.43. The number of amides is 2. The zero-order valence-electron chi connectivity index (χ0n) is 22.8. The zero-order valence-corrected chi connectivity index (χ0v) is 22.8. The van der Waals surface area contributed by atoms with Gasteiger partial charge in [0.25, 0.3) is 0 Å². The molecule has 0 bridgehead atoms. The van der Waals surface area contributed by atoms with Crippen LogP contribution in [0, 0.1) is 23.0 Å². The van der Waals surface area contributed by atoms with Crippen molar-refractivity contribution in [2.24, 2.45) is 17.1 Å². The topological polar surface area (TPSA) is 92.9 Å². The first-order chi connectivity index (χ1) is 18.4. The summed E-state index contributed by atoms with van der Waals surface area (Å²) in [5.41, 5.74) is 5.63. The Balaban J connectivity index is 1.54. The number of carbonyl (C=O) groups is 3. The molecule has 2 aromatic carbocycles. The number of ketones is 1. The second kappa shape index (κ2) is 11.5. The lowest BCUT2D eigenvalue weighted by molar-refractivity contribution is -0.148. The number of halogens is 2. The highest BCUT2D eigenvalue weighted by atomic mass is 19.2. The third-order valence-corrected chi connectivity index (χ3v) is 8.01. The second-order valence-electron chi connectivity index (χ2n) is 11.5. The maximum absolute atomic E-state index is 13.9. The van der Waals surface area contributed by atoms with Gasteiger partial charge in [-0.3, -0.25) is 14.4 Å². The van der Waals surface area contributed by atoms with Gasteiger partial charge in [-0.1, -0.05) is 36.4 Å². The highest BCUT2D eigenvalue weighted by Gasteiger charge is 2.55. The Labute approximate surface area is 228 Å². The van der Waals surface area contributed by atoms with Crippen LogP contribution < -0.4 is 5.73 Å². The van der Waals surface area contributed by atoms with Gasteiger partial charge in [0.15, 0.2) is 17.4 Å². The van der Waals surface area contributed by atoms with Gasteiger partial charge in [-0.05, 0) is 49.9 Å². The van der Waals surface area contributed by atoms with Crippen molar-refractivity contribution in [3.8, 4) is 0 Å². The van der Waals surface area contributed by atoms with Crippen molar-refractivity contribution in [2.45, 2.75) is 51.2 Å². The molecule has 2 aliphatic rings. The largest absolute Gasteiger partial charge is 0.376 e. The van der Waals surface area contributed by atoms with Crippen LogP contribution in [0.2, 0.25) is 0 Å². The fraction of sp³-hybridized carbons (Fsp3) is 0.500. The van der Waals surface area contributed by atoms with Crippen LogP contribution in [-0.4, -0.2) is 66.2 Å². The number of Topliss-reactive ketones (excluding diaryl/α,β-unsaturated/α-hetero) is 1. The van der Waals surface area contributed by atoms with E-state index < -0.39 is 28.5 Å². The molecule has 0 radical (unpaired) electrons. The van der Waals surface area contributed by atoms with Gasteiger partial charge in [-0.25, -0.2) is 8.78 Å². The van der Waals surface area contributed by atoms with E-state index in [0.29, 0.717) is 31.5 Å². The number of nitrogens with two attached hydrogens (primary N) is 1. The molecular weight excluding hydrogens is 504 g/mol. The van der Waals surface area contributed by atoms with Crippen LogP contribution in [0.5, 0.6) is 0 Å². The van der Waals surface area contributed by atoms with Gasteiger partial charge in [-0.15, -0.1) is 0 Å². The highest BCUT2D eigenvalue weighted by Crippen LogP contribution is 2.49. The van der Waals surface area contributed by atoms with E-state index in [4.69, 9.17) is 10.5 Å². The molecular formula is C30H37F2N3O4.